The fourth-order valence-corrected chi connectivity index (χ4v) is 2.94. The summed E-state index contributed by atoms with van der Waals surface area (Å²) in [5, 5.41) is 3.59. The third kappa shape index (κ3) is 2.52. The van der Waals surface area contributed by atoms with Crippen molar-refractivity contribution in [3.8, 4) is 0 Å². The van der Waals surface area contributed by atoms with Crippen LogP contribution in [0.15, 0.2) is 0 Å². The number of hydrogen-bond acceptors (Lipinski definition) is 3. The van der Waals surface area contributed by atoms with Gasteiger partial charge < -0.3 is 14.8 Å². The van der Waals surface area contributed by atoms with Crippen LogP contribution in [0.2, 0.25) is 0 Å². The van der Waals surface area contributed by atoms with E-state index in [9.17, 15) is 0 Å². The molecule has 1 N–H and O–H groups in total. The highest BCUT2D eigenvalue weighted by atomic mass is 16.5. The van der Waals surface area contributed by atoms with Gasteiger partial charge >= 0.3 is 0 Å². The van der Waals surface area contributed by atoms with Crippen molar-refractivity contribution in [3.05, 3.63) is 0 Å². The Morgan fingerprint density at radius 3 is 2.87 bits per heavy atom. The molecule has 2 bridgehead atoms. The molecule has 0 aromatic carbocycles. The SMILES string of the molecule is CCCNC(COC)C1CC2CCC1O2. The minimum atomic E-state index is 0.491. The molecule has 2 rings (SSSR count). The maximum atomic E-state index is 5.90. The van der Waals surface area contributed by atoms with Crippen LogP contribution in [-0.2, 0) is 9.47 Å². The second-order valence-corrected chi connectivity index (χ2v) is 4.79. The molecule has 0 aromatic rings. The number of ether oxygens (including phenoxy) is 2. The van der Waals surface area contributed by atoms with Crippen LogP contribution < -0.4 is 5.32 Å². The Labute approximate surface area is 92.5 Å². The Kier molecular flexibility index (Phi) is 4.00. The molecule has 0 saturated carbocycles. The van der Waals surface area contributed by atoms with Crippen LogP contribution in [0.1, 0.15) is 32.6 Å². The van der Waals surface area contributed by atoms with E-state index in [1.54, 1.807) is 7.11 Å². The van der Waals surface area contributed by atoms with Crippen molar-refractivity contribution >= 4 is 0 Å². The summed E-state index contributed by atoms with van der Waals surface area (Å²) < 4.78 is 11.2. The van der Waals surface area contributed by atoms with E-state index in [1.807, 2.05) is 0 Å². The van der Waals surface area contributed by atoms with Gasteiger partial charge in [0, 0.05) is 19.1 Å². The molecule has 0 radical (unpaired) electrons. The van der Waals surface area contributed by atoms with E-state index in [1.165, 1.54) is 25.7 Å². The fraction of sp³-hybridized carbons (Fsp3) is 1.00. The van der Waals surface area contributed by atoms with E-state index < -0.39 is 0 Å². The van der Waals surface area contributed by atoms with Gasteiger partial charge in [-0.15, -0.1) is 0 Å². The molecule has 0 amide bonds. The first-order valence-electron chi connectivity index (χ1n) is 6.23. The number of nitrogens with one attached hydrogen (secondary N) is 1. The lowest BCUT2D eigenvalue weighted by atomic mass is 9.84. The summed E-state index contributed by atoms with van der Waals surface area (Å²) in [6.45, 7) is 4.10. The van der Waals surface area contributed by atoms with Crippen molar-refractivity contribution in [2.75, 3.05) is 20.3 Å². The summed E-state index contributed by atoms with van der Waals surface area (Å²) in [4.78, 5) is 0. The van der Waals surface area contributed by atoms with E-state index in [0.717, 1.165) is 13.2 Å². The summed E-state index contributed by atoms with van der Waals surface area (Å²) >= 11 is 0. The predicted octanol–water partition coefficient (Wildman–Crippen LogP) is 1.57. The van der Waals surface area contributed by atoms with Crippen molar-refractivity contribution < 1.29 is 9.47 Å². The minimum Gasteiger partial charge on any atom is -0.383 e. The van der Waals surface area contributed by atoms with Crippen LogP contribution in [0.25, 0.3) is 0 Å². The molecule has 2 aliphatic heterocycles. The van der Waals surface area contributed by atoms with E-state index in [4.69, 9.17) is 9.47 Å². The molecule has 2 fully saturated rings. The second-order valence-electron chi connectivity index (χ2n) is 4.79. The highest BCUT2D eigenvalue weighted by Gasteiger charge is 2.44. The topological polar surface area (TPSA) is 30.5 Å². The van der Waals surface area contributed by atoms with E-state index in [2.05, 4.69) is 12.2 Å². The summed E-state index contributed by atoms with van der Waals surface area (Å²) in [6, 6.07) is 0.491. The largest absolute Gasteiger partial charge is 0.383 e. The zero-order valence-corrected chi connectivity index (χ0v) is 9.87. The molecule has 4 unspecified atom stereocenters. The maximum Gasteiger partial charge on any atom is 0.0624 e. The first kappa shape index (κ1) is 11.4. The third-order valence-electron chi connectivity index (χ3n) is 3.67. The highest BCUT2D eigenvalue weighted by Crippen LogP contribution is 2.40. The van der Waals surface area contributed by atoms with Gasteiger partial charge in [0.1, 0.15) is 0 Å². The number of hydrogen-bond donors (Lipinski definition) is 1. The molecule has 15 heavy (non-hydrogen) atoms. The smallest absolute Gasteiger partial charge is 0.0624 e. The standard InChI is InChI=1S/C12H23NO2/c1-3-6-13-11(8-14-2)10-7-9-4-5-12(10)15-9/h9-13H,3-8H2,1-2H3. The van der Waals surface area contributed by atoms with Crippen molar-refractivity contribution in [2.24, 2.45) is 5.92 Å². The van der Waals surface area contributed by atoms with Crippen LogP contribution in [0.4, 0.5) is 0 Å². The van der Waals surface area contributed by atoms with Gasteiger partial charge in [-0.2, -0.15) is 0 Å². The Hall–Kier alpha value is -0.120. The molecule has 2 heterocycles. The first-order valence-corrected chi connectivity index (χ1v) is 6.23. The Balaban J connectivity index is 1.86. The lowest BCUT2D eigenvalue weighted by Crippen LogP contribution is -2.44. The van der Waals surface area contributed by atoms with Gasteiger partial charge in [-0.1, -0.05) is 6.92 Å². The highest BCUT2D eigenvalue weighted by molar-refractivity contribution is 4.95. The summed E-state index contributed by atoms with van der Waals surface area (Å²) in [5.41, 5.74) is 0. The van der Waals surface area contributed by atoms with Crippen molar-refractivity contribution in [1.82, 2.24) is 5.32 Å². The van der Waals surface area contributed by atoms with Crippen molar-refractivity contribution in [1.29, 1.82) is 0 Å². The van der Waals surface area contributed by atoms with Crippen LogP contribution in [-0.4, -0.2) is 38.5 Å². The lowest BCUT2D eigenvalue weighted by Gasteiger charge is -2.28. The van der Waals surface area contributed by atoms with Crippen molar-refractivity contribution in [2.45, 2.75) is 50.9 Å². The van der Waals surface area contributed by atoms with Gasteiger partial charge in [-0.05, 0) is 32.2 Å². The molecular weight excluding hydrogens is 190 g/mol. The van der Waals surface area contributed by atoms with Gasteiger partial charge in [0.25, 0.3) is 0 Å². The van der Waals surface area contributed by atoms with Gasteiger partial charge in [0.15, 0.2) is 0 Å². The van der Waals surface area contributed by atoms with E-state index in [-0.39, 0.29) is 0 Å². The van der Waals surface area contributed by atoms with Crippen LogP contribution in [0.5, 0.6) is 0 Å². The normalized spacial score (nSPS) is 36.0. The molecule has 0 aromatic heterocycles. The molecule has 0 aliphatic carbocycles. The molecule has 2 aliphatic rings. The predicted molar refractivity (Wildman–Crippen MR) is 60.0 cm³/mol. The molecule has 4 atom stereocenters. The number of methoxy groups -OCH3 is 1. The molecule has 3 heteroatoms. The zero-order valence-electron chi connectivity index (χ0n) is 9.87. The maximum absolute atomic E-state index is 5.90. The van der Waals surface area contributed by atoms with E-state index >= 15 is 0 Å². The second kappa shape index (κ2) is 5.28. The van der Waals surface area contributed by atoms with Gasteiger partial charge in [-0.25, -0.2) is 0 Å². The van der Waals surface area contributed by atoms with Crippen LogP contribution in [0, 0.1) is 5.92 Å². The van der Waals surface area contributed by atoms with E-state index in [0.29, 0.717) is 24.2 Å². The Morgan fingerprint density at radius 2 is 2.33 bits per heavy atom. The van der Waals surface area contributed by atoms with Gasteiger partial charge in [0.2, 0.25) is 0 Å². The van der Waals surface area contributed by atoms with Crippen LogP contribution >= 0.6 is 0 Å². The first-order chi connectivity index (χ1) is 7.35. The van der Waals surface area contributed by atoms with Gasteiger partial charge in [0.05, 0.1) is 18.8 Å². The van der Waals surface area contributed by atoms with Gasteiger partial charge in [-0.3, -0.25) is 0 Å². The Bertz CT molecular complexity index is 198. The average Bonchev–Trinajstić information content (AvgIpc) is 2.85. The lowest BCUT2D eigenvalue weighted by molar-refractivity contribution is 0.0707. The number of rotatable bonds is 6. The fourth-order valence-electron chi connectivity index (χ4n) is 2.94. The Morgan fingerprint density at radius 1 is 1.47 bits per heavy atom. The molecule has 0 spiro atoms. The van der Waals surface area contributed by atoms with Crippen molar-refractivity contribution in [3.63, 3.8) is 0 Å². The summed E-state index contributed by atoms with van der Waals surface area (Å²) in [6.07, 6.45) is 5.98. The number of fused-ring (bicyclic) bond motifs is 2. The molecule has 2 saturated heterocycles. The average molecular weight is 213 g/mol. The minimum absolute atomic E-state index is 0.491. The molecule has 88 valence electrons. The van der Waals surface area contributed by atoms with Crippen LogP contribution in [0.3, 0.4) is 0 Å². The summed E-state index contributed by atoms with van der Waals surface area (Å²) in [7, 11) is 1.79. The monoisotopic (exact) mass is 213 g/mol. The molecule has 3 nitrogen and oxygen atoms in total. The quantitative estimate of drug-likeness (QED) is 0.726. The molecular formula is C12H23NO2. The summed E-state index contributed by atoms with van der Waals surface area (Å²) in [5.74, 6) is 0.676. The zero-order chi connectivity index (χ0) is 10.7. The third-order valence-corrected chi connectivity index (χ3v) is 3.67.